The molecule has 2 N–H and O–H groups in total. The molecule has 3 rings (SSSR count). The summed E-state index contributed by atoms with van der Waals surface area (Å²) in [5, 5.41) is 1.54. The average molecular weight is 307 g/mol. The molecule has 112 valence electrons. The summed E-state index contributed by atoms with van der Waals surface area (Å²) in [6.45, 7) is 5.27. The number of likely N-dealkylation sites (tertiary alicyclic amines) is 1. The van der Waals surface area contributed by atoms with Gasteiger partial charge < -0.3 is 15.1 Å². The van der Waals surface area contributed by atoms with E-state index in [1.165, 1.54) is 0 Å². The number of amides is 1. The third-order valence-corrected chi connectivity index (χ3v) is 4.58. The van der Waals surface area contributed by atoms with Gasteiger partial charge in [-0.1, -0.05) is 11.6 Å². The number of nitrogens with zero attached hydrogens (tertiary/aromatic N) is 1. The Balaban J connectivity index is 1.97. The number of furan rings is 1. The number of hydrogen-bond donors (Lipinski definition) is 1. The lowest BCUT2D eigenvalue weighted by Gasteiger charge is -2.20. The van der Waals surface area contributed by atoms with Crippen LogP contribution in [-0.2, 0) is 0 Å². The zero-order valence-electron chi connectivity index (χ0n) is 12.2. The minimum atomic E-state index is -0.0525. The van der Waals surface area contributed by atoms with Crippen molar-refractivity contribution in [1.82, 2.24) is 4.90 Å². The van der Waals surface area contributed by atoms with Gasteiger partial charge in [0.1, 0.15) is 5.58 Å². The van der Waals surface area contributed by atoms with E-state index in [2.05, 4.69) is 6.92 Å². The zero-order valence-corrected chi connectivity index (χ0v) is 13.0. The number of carbonyl (C=O) groups excluding carboxylic acids is 1. The first kappa shape index (κ1) is 14.4. The molecular weight excluding hydrogens is 288 g/mol. The fraction of sp³-hybridized carbons (Fsp3) is 0.438. The topological polar surface area (TPSA) is 59.5 Å². The van der Waals surface area contributed by atoms with Gasteiger partial charge in [-0.2, -0.15) is 0 Å². The van der Waals surface area contributed by atoms with Gasteiger partial charge in [0.25, 0.3) is 5.91 Å². The van der Waals surface area contributed by atoms with Crippen molar-refractivity contribution in [3.05, 3.63) is 34.5 Å². The highest BCUT2D eigenvalue weighted by atomic mass is 35.5. The van der Waals surface area contributed by atoms with Gasteiger partial charge in [0, 0.05) is 28.6 Å². The number of benzene rings is 1. The smallest absolute Gasteiger partial charge is 0.290 e. The molecule has 0 saturated carbocycles. The quantitative estimate of drug-likeness (QED) is 0.927. The van der Waals surface area contributed by atoms with E-state index in [4.69, 9.17) is 21.8 Å². The van der Waals surface area contributed by atoms with Crippen LogP contribution in [0.15, 0.2) is 22.6 Å². The predicted molar refractivity (Wildman–Crippen MR) is 83.6 cm³/mol. The monoisotopic (exact) mass is 306 g/mol. The lowest BCUT2D eigenvalue weighted by atomic mass is 10.1. The van der Waals surface area contributed by atoms with Crippen LogP contribution in [0.1, 0.15) is 29.5 Å². The Morgan fingerprint density at radius 3 is 2.95 bits per heavy atom. The number of halogens is 1. The van der Waals surface area contributed by atoms with Crippen LogP contribution in [0, 0.1) is 12.8 Å². The van der Waals surface area contributed by atoms with Crippen molar-refractivity contribution in [2.24, 2.45) is 11.7 Å². The summed E-state index contributed by atoms with van der Waals surface area (Å²) in [5.74, 6) is 0.739. The Morgan fingerprint density at radius 2 is 2.29 bits per heavy atom. The van der Waals surface area contributed by atoms with Crippen molar-refractivity contribution in [2.45, 2.75) is 26.3 Å². The van der Waals surface area contributed by atoms with Crippen molar-refractivity contribution in [3.63, 3.8) is 0 Å². The summed E-state index contributed by atoms with van der Waals surface area (Å²) >= 11 is 6.02. The molecular formula is C16H19ClN2O2. The van der Waals surface area contributed by atoms with Gasteiger partial charge in [0.2, 0.25) is 0 Å². The molecule has 1 aliphatic rings. The molecule has 5 heteroatoms. The number of hydrogen-bond acceptors (Lipinski definition) is 3. The van der Waals surface area contributed by atoms with E-state index in [-0.39, 0.29) is 11.9 Å². The average Bonchev–Trinajstić information content (AvgIpc) is 2.99. The Kier molecular flexibility index (Phi) is 3.68. The van der Waals surface area contributed by atoms with Crippen LogP contribution in [0.2, 0.25) is 5.02 Å². The lowest BCUT2D eigenvalue weighted by Crippen LogP contribution is -2.34. The Morgan fingerprint density at radius 1 is 1.52 bits per heavy atom. The largest absolute Gasteiger partial charge is 0.451 e. The summed E-state index contributed by atoms with van der Waals surface area (Å²) in [5.41, 5.74) is 7.27. The maximum absolute atomic E-state index is 12.8. The van der Waals surface area contributed by atoms with Crippen molar-refractivity contribution in [2.75, 3.05) is 13.1 Å². The molecule has 1 saturated heterocycles. The van der Waals surface area contributed by atoms with Crippen LogP contribution in [0.5, 0.6) is 0 Å². The molecule has 21 heavy (non-hydrogen) atoms. The number of rotatable bonds is 2. The predicted octanol–water partition coefficient (Wildman–Crippen LogP) is 3.20. The first-order valence-electron chi connectivity index (χ1n) is 7.21. The molecule has 2 atom stereocenters. The van der Waals surface area contributed by atoms with E-state index in [0.29, 0.717) is 35.4 Å². The molecule has 4 nitrogen and oxygen atoms in total. The molecule has 2 unspecified atom stereocenters. The van der Waals surface area contributed by atoms with Gasteiger partial charge in [-0.25, -0.2) is 0 Å². The van der Waals surface area contributed by atoms with Gasteiger partial charge in [0.05, 0.1) is 0 Å². The molecule has 0 spiro atoms. The molecule has 0 radical (unpaired) electrons. The maximum Gasteiger partial charge on any atom is 0.290 e. The van der Waals surface area contributed by atoms with Crippen molar-refractivity contribution < 1.29 is 9.21 Å². The minimum Gasteiger partial charge on any atom is -0.451 e. The molecule has 1 amide bonds. The van der Waals surface area contributed by atoms with Crippen LogP contribution in [-0.4, -0.2) is 29.9 Å². The van der Waals surface area contributed by atoms with Crippen LogP contribution >= 0.6 is 11.6 Å². The normalized spacial score (nSPS) is 22.2. The highest BCUT2D eigenvalue weighted by Gasteiger charge is 2.34. The molecule has 0 bridgehead atoms. The molecule has 1 aromatic heterocycles. The van der Waals surface area contributed by atoms with E-state index >= 15 is 0 Å². The maximum atomic E-state index is 12.8. The second-order valence-electron chi connectivity index (χ2n) is 5.84. The van der Waals surface area contributed by atoms with Gasteiger partial charge in [-0.3, -0.25) is 4.79 Å². The molecule has 0 aliphatic carbocycles. The summed E-state index contributed by atoms with van der Waals surface area (Å²) in [4.78, 5) is 14.6. The summed E-state index contributed by atoms with van der Waals surface area (Å²) < 4.78 is 5.76. The molecule has 1 aromatic carbocycles. The van der Waals surface area contributed by atoms with Gasteiger partial charge in [0.15, 0.2) is 5.76 Å². The third kappa shape index (κ3) is 2.43. The van der Waals surface area contributed by atoms with E-state index in [9.17, 15) is 4.79 Å². The zero-order chi connectivity index (χ0) is 15.1. The van der Waals surface area contributed by atoms with Crippen molar-refractivity contribution in [1.29, 1.82) is 0 Å². The second-order valence-corrected chi connectivity index (χ2v) is 6.28. The van der Waals surface area contributed by atoms with Gasteiger partial charge in [-0.15, -0.1) is 0 Å². The van der Waals surface area contributed by atoms with E-state index in [1.807, 2.05) is 17.9 Å². The Bertz CT molecular complexity index is 695. The summed E-state index contributed by atoms with van der Waals surface area (Å²) in [6.07, 6.45) is 0.952. The number of nitrogens with two attached hydrogens (primary N) is 1. The Hall–Kier alpha value is -1.52. The molecule has 2 aromatic rings. The number of fused-ring (bicyclic) bond motifs is 1. The lowest BCUT2D eigenvalue weighted by molar-refractivity contribution is 0.0712. The highest BCUT2D eigenvalue weighted by Crippen LogP contribution is 2.31. The SMILES string of the molecule is Cc1c(C(=O)N2CC(CN)CC2C)oc2ccc(Cl)cc12. The minimum absolute atomic E-state index is 0.0525. The van der Waals surface area contributed by atoms with Gasteiger partial charge in [-0.05, 0) is 50.9 Å². The second kappa shape index (κ2) is 5.35. The molecule has 1 fully saturated rings. The first-order valence-corrected chi connectivity index (χ1v) is 7.58. The number of aryl methyl sites for hydroxylation is 1. The van der Waals surface area contributed by atoms with Gasteiger partial charge >= 0.3 is 0 Å². The standard InChI is InChI=1S/C16H19ClN2O2/c1-9-5-11(7-18)8-19(9)16(20)15-10(2)13-6-12(17)3-4-14(13)21-15/h3-4,6,9,11H,5,7-8,18H2,1-2H3. The molecule has 1 aliphatic heterocycles. The van der Waals surface area contributed by atoms with Crippen molar-refractivity contribution in [3.8, 4) is 0 Å². The third-order valence-electron chi connectivity index (χ3n) is 4.35. The van der Waals surface area contributed by atoms with Crippen LogP contribution in [0.4, 0.5) is 0 Å². The summed E-state index contributed by atoms with van der Waals surface area (Å²) in [6, 6.07) is 5.60. The van der Waals surface area contributed by atoms with E-state index in [1.54, 1.807) is 12.1 Å². The van der Waals surface area contributed by atoms with Crippen molar-refractivity contribution >= 4 is 28.5 Å². The van der Waals surface area contributed by atoms with E-state index < -0.39 is 0 Å². The fourth-order valence-electron chi connectivity index (χ4n) is 3.12. The fourth-order valence-corrected chi connectivity index (χ4v) is 3.30. The van der Waals surface area contributed by atoms with Crippen LogP contribution < -0.4 is 5.73 Å². The Labute approximate surface area is 128 Å². The van der Waals surface area contributed by atoms with E-state index in [0.717, 1.165) is 17.4 Å². The highest BCUT2D eigenvalue weighted by molar-refractivity contribution is 6.31. The summed E-state index contributed by atoms with van der Waals surface area (Å²) in [7, 11) is 0. The number of carbonyl (C=O) groups is 1. The first-order chi connectivity index (χ1) is 10.0. The molecule has 2 heterocycles. The van der Waals surface area contributed by atoms with Crippen LogP contribution in [0.25, 0.3) is 11.0 Å². The van der Waals surface area contributed by atoms with Crippen LogP contribution in [0.3, 0.4) is 0 Å².